The number of fused-ring (bicyclic) bond motifs is 3. The largest absolute Gasteiger partial charge is 0.508 e. The van der Waals surface area contributed by atoms with Gasteiger partial charge in [0.25, 0.3) is 5.69 Å². The molecule has 0 aromatic heterocycles. The van der Waals surface area contributed by atoms with Crippen molar-refractivity contribution in [3.63, 3.8) is 0 Å². The highest BCUT2D eigenvalue weighted by Crippen LogP contribution is 2.48. The molecule has 0 bridgehead atoms. The van der Waals surface area contributed by atoms with E-state index >= 15 is 0 Å². The Morgan fingerprint density at radius 2 is 1.77 bits per heavy atom. The molecular weight excluding hydrogens is 303 g/mol. The molecule has 0 amide bonds. The van der Waals surface area contributed by atoms with Crippen molar-refractivity contribution in [1.82, 2.24) is 0 Å². The van der Waals surface area contributed by atoms with E-state index in [1.807, 2.05) is 0 Å². The van der Waals surface area contributed by atoms with E-state index in [9.17, 15) is 33.2 Å². The quantitative estimate of drug-likeness (QED) is 0.551. The number of alkyl halides is 3. The highest BCUT2D eigenvalue weighted by molar-refractivity contribution is 6.24. The molecule has 2 aromatic rings. The maximum atomic E-state index is 13.1. The molecule has 0 aliphatic heterocycles. The van der Waals surface area contributed by atoms with E-state index in [0.29, 0.717) is 6.07 Å². The highest BCUT2D eigenvalue weighted by Gasteiger charge is 2.42. The third-order valence-corrected chi connectivity index (χ3v) is 3.41. The highest BCUT2D eigenvalue weighted by atomic mass is 19.4. The van der Waals surface area contributed by atoms with Crippen molar-refractivity contribution in [2.75, 3.05) is 0 Å². The monoisotopic (exact) mass is 309 g/mol. The van der Waals surface area contributed by atoms with Gasteiger partial charge in [-0.05, 0) is 12.1 Å². The molecule has 22 heavy (non-hydrogen) atoms. The number of phenolic OH excluding ortho intramolecular Hbond substituents is 1. The van der Waals surface area contributed by atoms with Gasteiger partial charge in [-0.2, -0.15) is 13.2 Å². The van der Waals surface area contributed by atoms with Gasteiger partial charge in [0.15, 0.2) is 0 Å². The molecule has 1 aliphatic rings. The van der Waals surface area contributed by atoms with Crippen molar-refractivity contribution < 1.29 is 28.0 Å². The van der Waals surface area contributed by atoms with Crippen LogP contribution in [-0.2, 0) is 6.18 Å². The van der Waals surface area contributed by atoms with Gasteiger partial charge in [0.2, 0.25) is 5.78 Å². The summed E-state index contributed by atoms with van der Waals surface area (Å²) >= 11 is 0. The minimum Gasteiger partial charge on any atom is -0.508 e. The van der Waals surface area contributed by atoms with Crippen LogP contribution in [0.4, 0.5) is 18.9 Å². The predicted octanol–water partition coefficient (Wildman–Crippen LogP) is 3.53. The van der Waals surface area contributed by atoms with Gasteiger partial charge in [-0.25, -0.2) is 0 Å². The smallest absolute Gasteiger partial charge is 0.417 e. The molecule has 1 aliphatic carbocycles. The van der Waals surface area contributed by atoms with Gasteiger partial charge in [-0.15, -0.1) is 0 Å². The summed E-state index contributed by atoms with van der Waals surface area (Å²) in [5.74, 6) is -1.63. The number of aromatic hydroxyl groups is 1. The normalized spacial score (nSPS) is 13.0. The van der Waals surface area contributed by atoms with Crippen molar-refractivity contribution in [3.8, 4) is 16.9 Å². The van der Waals surface area contributed by atoms with Gasteiger partial charge in [0, 0.05) is 22.8 Å². The van der Waals surface area contributed by atoms with Crippen LogP contribution in [0.25, 0.3) is 11.1 Å². The Hall–Kier alpha value is -2.90. The Morgan fingerprint density at radius 3 is 2.36 bits per heavy atom. The fourth-order valence-corrected chi connectivity index (χ4v) is 2.59. The molecule has 112 valence electrons. The van der Waals surface area contributed by atoms with E-state index < -0.39 is 50.6 Å². The lowest BCUT2D eigenvalue weighted by Crippen LogP contribution is -2.08. The molecule has 0 spiro atoms. The first-order valence-corrected chi connectivity index (χ1v) is 5.98. The molecule has 0 saturated carbocycles. The summed E-state index contributed by atoms with van der Waals surface area (Å²) in [6.07, 6.45) is -4.81. The number of halogens is 3. The minimum atomic E-state index is -4.81. The van der Waals surface area contributed by atoms with Gasteiger partial charge >= 0.3 is 6.18 Å². The van der Waals surface area contributed by atoms with Crippen LogP contribution in [0.2, 0.25) is 0 Å². The minimum absolute atomic E-state index is 0.151. The van der Waals surface area contributed by atoms with Crippen molar-refractivity contribution >= 4 is 11.5 Å². The van der Waals surface area contributed by atoms with E-state index in [1.165, 1.54) is 12.1 Å². The maximum absolute atomic E-state index is 13.1. The van der Waals surface area contributed by atoms with E-state index in [0.717, 1.165) is 12.1 Å². The van der Waals surface area contributed by atoms with E-state index in [2.05, 4.69) is 0 Å². The third kappa shape index (κ3) is 1.84. The number of hydrogen-bond donors (Lipinski definition) is 1. The number of rotatable bonds is 1. The first kappa shape index (κ1) is 14.1. The Bertz CT molecular complexity index is 843. The van der Waals surface area contributed by atoms with Gasteiger partial charge in [-0.3, -0.25) is 14.9 Å². The van der Waals surface area contributed by atoms with Crippen LogP contribution in [0.1, 0.15) is 21.5 Å². The van der Waals surface area contributed by atoms with Crippen molar-refractivity contribution in [2.45, 2.75) is 6.18 Å². The zero-order valence-electron chi connectivity index (χ0n) is 10.6. The molecule has 3 rings (SSSR count). The second-order valence-electron chi connectivity index (χ2n) is 4.70. The fourth-order valence-electron chi connectivity index (χ4n) is 2.59. The number of nitro groups is 1. The zero-order valence-corrected chi connectivity index (χ0v) is 10.6. The van der Waals surface area contributed by atoms with Crippen molar-refractivity contribution in [2.24, 2.45) is 0 Å². The van der Waals surface area contributed by atoms with Crippen LogP contribution in [0.5, 0.6) is 5.75 Å². The number of ketones is 1. The number of carbonyl (C=O) groups is 1. The lowest BCUT2D eigenvalue weighted by Gasteiger charge is -2.12. The number of phenols is 1. The van der Waals surface area contributed by atoms with E-state index in [4.69, 9.17) is 0 Å². The molecule has 2 aromatic carbocycles. The second kappa shape index (κ2) is 4.30. The van der Waals surface area contributed by atoms with Gasteiger partial charge in [0.1, 0.15) is 11.3 Å². The molecule has 0 unspecified atom stereocenters. The molecular formula is C14H6F3NO4. The maximum Gasteiger partial charge on any atom is 0.417 e. The lowest BCUT2D eigenvalue weighted by molar-refractivity contribution is -0.385. The van der Waals surface area contributed by atoms with Gasteiger partial charge < -0.3 is 5.11 Å². The zero-order chi connectivity index (χ0) is 16.2. The Labute approximate surface area is 120 Å². The number of nitrogens with zero attached hydrogens (tertiary/aromatic N) is 1. The predicted molar refractivity (Wildman–Crippen MR) is 68.6 cm³/mol. The summed E-state index contributed by atoms with van der Waals surface area (Å²) in [6.45, 7) is 0. The Morgan fingerprint density at radius 1 is 1.09 bits per heavy atom. The number of nitro benzene ring substituents is 1. The summed E-state index contributed by atoms with van der Waals surface area (Å²) in [5.41, 5.74) is -3.13. The molecule has 0 atom stereocenters. The summed E-state index contributed by atoms with van der Waals surface area (Å²) in [6, 6.07) is 4.87. The first-order chi connectivity index (χ1) is 10.2. The summed E-state index contributed by atoms with van der Waals surface area (Å²) in [4.78, 5) is 22.4. The number of carbonyl (C=O) groups excluding carboxylic acids is 1. The molecule has 0 fully saturated rings. The second-order valence-corrected chi connectivity index (χ2v) is 4.70. The molecule has 1 N–H and O–H groups in total. The number of benzene rings is 2. The van der Waals surface area contributed by atoms with Crippen molar-refractivity contribution in [1.29, 1.82) is 0 Å². The SMILES string of the molecule is O=C1c2cc(O)cc(C(F)(F)F)c2-c2cccc([N+](=O)[O-])c21. The molecule has 0 saturated heterocycles. The molecule has 0 radical (unpaired) electrons. The summed E-state index contributed by atoms with van der Waals surface area (Å²) < 4.78 is 39.4. The first-order valence-electron chi connectivity index (χ1n) is 5.98. The van der Waals surface area contributed by atoms with E-state index in [1.54, 1.807) is 0 Å². The molecule has 5 nitrogen and oxygen atoms in total. The Balaban J connectivity index is 2.43. The molecule has 0 heterocycles. The van der Waals surface area contributed by atoms with Crippen LogP contribution in [0.15, 0.2) is 30.3 Å². The standard InChI is InChI=1S/C14H6F3NO4/c15-14(16,17)9-5-6(19)4-8-11(9)7-2-1-3-10(18(21)22)12(7)13(8)20/h1-5,19H. The third-order valence-electron chi connectivity index (χ3n) is 3.41. The topological polar surface area (TPSA) is 80.4 Å². The average Bonchev–Trinajstić information content (AvgIpc) is 2.70. The van der Waals surface area contributed by atoms with Crippen LogP contribution in [0.3, 0.4) is 0 Å². The van der Waals surface area contributed by atoms with E-state index in [-0.39, 0.29) is 5.56 Å². The average molecular weight is 309 g/mol. The van der Waals surface area contributed by atoms with Crippen molar-refractivity contribution in [3.05, 3.63) is 57.1 Å². The molecule has 8 heteroatoms. The lowest BCUT2D eigenvalue weighted by atomic mass is 9.98. The van der Waals surface area contributed by atoms with Crippen LogP contribution in [-0.4, -0.2) is 15.8 Å². The summed E-state index contributed by atoms with van der Waals surface area (Å²) in [7, 11) is 0. The Kier molecular flexibility index (Phi) is 2.74. The fraction of sp³-hybridized carbons (Fsp3) is 0.0714. The van der Waals surface area contributed by atoms with Gasteiger partial charge in [0.05, 0.1) is 10.5 Å². The van der Waals surface area contributed by atoms with Crippen LogP contribution in [0, 0.1) is 10.1 Å². The van der Waals surface area contributed by atoms with Crippen LogP contribution >= 0.6 is 0 Å². The van der Waals surface area contributed by atoms with Gasteiger partial charge in [-0.1, -0.05) is 12.1 Å². The van der Waals surface area contributed by atoms with Crippen LogP contribution < -0.4 is 0 Å². The summed E-state index contributed by atoms with van der Waals surface area (Å²) in [5, 5.41) is 20.4. The number of hydrogen-bond acceptors (Lipinski definition) is 4.